The number of Topliss-reactive ketones (excluding diaryl/α,β-unsaturated/α-hetero) is 1. The Balaban J connectivity index is 1.31. The molecule has 0 amide bonds. The number of benzene rings is 2. The first kappa shape index (κ1) is 20.4. The summed E-state index contributed by atoms with van der Waals surface area (Å²) in [5.74, 6) is 2.22. The molecule has 2 heterocycles. The second-order valence-electron chi connectivity index (χ2n) is 7.28. The van der Waals surface area contributed by atoms with Gasteiger partial charge >= 0.3 is 0 Å². The molecule has 30 heavy (non-hydrogen) atoms. The zero-order chi connectivity index (χ0) is 21.1. The van der Waals surface area contributed by atoms with Crippen LogP contribution in [0, 0.1) is 6.92 Å². The van der Waals surface area contributed by atoms with Crippen LogP contribution in [0.1, 0.15) is 22.8 Å². The Bertz CT molecular complexity index is 965. The Labute approximate surface area is 180 Å². The van der Waals surface area contributed by atoms with Crippen molar-refractivity contribution >= 4 is 28.8 Å². The van der Waals surface area contributed by atoms with Crippen LogP contribution in [0.5, 0.6) is 17.2 Å². The number of nitrogens with one attached hydrogen (secondary N) is 1. The van der Waals surface area contributed by atoms with Crippen molar-refractivity contribution in [3.63, 3.8) is 0 Å². The van der Waals surface area contributed by atoms with E-state index >= 15 is 0 Å². The predicted molar refractivity (Wildman–Crippen MR) is 117 cm³/mol. The molecule has 4 rings (SSSR count). The molecule has 1 fully saturated rings. The van der Waals surface area contributed by atoms with Crippen molar-refractivity contribution in [2.75, 3.05) is 38.4 Å². The monoisotopic (exact) mass is 428 g/mol. The minimum absolute atomic E-state index is 0.0498. The van der Waals surface area contributed by atoms with Gasteiger partial charge in [-0.1, -0.05) is 0 Å². The fourth-order valence-electron chi connectivity index (χ4n) is 3.49. The summed E-state index contributed by atoms with van der Waals surface area (Å²) in [6.07, 6.45) is -0.108. The zero-order valence-electron chi connectivity index (χ0n) is 17.0. The molecule has 0 saturated carbocycles. The Morgan fingerprint density at radius 1 is 1.23 bits per heavy atom. The van der Waals surface area contributed by atoms with Crippen LogP contribution in [0.25, 0.3) is 0 Å². The van der Waals surface area contributed by atoms with Crippen molar-refractivity contribution in [1.82, 2.24) is 4.90 Å². The number of ether oxygens (including phenoxy) is 4. The lowest BCUT2D eigenvalue weighted by molar-refractivity contribution is -0.0280. The Hall–Kier alpha value is -2.84. The van der Waals surface area contributed by atoms with Gasteiger partial charge in [0.05, 0.1) is 6.61 Å². The Kier molecular flexibility index (Phi) is 6.06. The summed E-state index contributed by atoms with van der Waals surface area (Å²) in [6, 6.07) is 11.1. The van der Waals surface area contributed by atoms with E-state index in [0.717, 1.165) is 22.7 Å². The van der Waals surface area contributed by atoms with E-state index in [-0.39, 0.29) is 18.7 Å². The second-order valence-corrected chi connectivity index (χ2v) is 7.67. The summed E-state index contributed by atoms with van der Waals surface area (Å²) in [6.45, 7) is 6.02. The molecule has 2 aromatic rings. The summed E-state index contributed by atoms with van der Waals surface area (Å²) >= 11 is 5.58. The van der Waals surface area contributed by atoms with Gasteiger partial charge < -0.3 is 29.2 Å². The first-order chi connectivity index (χ1) is 14.5. The largest absolute Gasteiger partial charge is 0.491 e. The number of fused-ring (bicyclic) bond motifs is 1. The maximum absolute atomic E-state index is 11.6. The van der Waals surface area contributed by atoms with Crippen LogP contribution < -0.4 is 19.5 Å². The predicted octanol–water partition coefficient (Wildman–Crippen LogP) is 3.40. The van der Waals surface area contributed by atoms with E-state index in [2.05, 4.69) is 10.2 Å². The highest BCUT2D eigenvalue weighted by Crippen LogP contribution is 2.34. The third-order valence-electron chi connectivity index (χ3n) is 5.06. The van der Waals surface area contributed by atoms with Crippen LogP contribution in [0.3, 0.4) is 0 Å². The van der Waals surface area contributed by atoms with Gasteiger partial charge in [-0.25, -0.2) is 0 Å². The minimum Gasteiger partial charge on any atom is -0.491 e. The first-order valence-corrected chi connectivity index (χ1v) is 10.2. The van der Waals surface area contributed by atoms with Crippen LogP contribution in [-0.4, -0.2) is 55.0 Å². The first-order valence-electron chi connectivity index (χ1n) is 9.81. The van der Waals surface area contributed by atoms with Crippen LogP contribution >= 0.6 is 12.2 Å². The molecular weight excluding hydrogens is 404 g/mol. The number of ketones is 1. The number of carbonyl (C=O) groups is 1. The number of hydrogen-bond acceptors (Lipinski definition) is 6. The number of thiocarbonyl (C=S) groups is 1. The summed E-state index contributed by atoms with van der Waals surface area (Å²) in [4.78, 5) is 13.6. The number of anilines is 1. The molecule has 0 aromatic heterocycles. The summed E-state index contributed by atoms with van der Waals surface area (Å²) in [7, 11) is 0. The van der Waals surface area contributed by atoms with Gasteiger partial charge in [-0.2, -0.15) is 0 Å². The molecular formula is C22H24N2O5S. The smallest absolute Gasteiger partial charge is 0.231 e. The molecule has 1 saturated heterocycles. The third kappa shape index (κ3) is 4.66. The molecule has 8 heteroatoms. The third-order valence-corrected chi connectivity index (χ3v) is 5.42. The number of nitrogens with zero attached hydrogens (tertiary/aromatic N) is 1. The molecule has 158 valence electrons. The lowest BCUT2D eigenvalue weighted by Gasteiger charge is -2.34. The van der Waals surface area contributed by atoms with Gasteiger partial charge in [0.2, 0.25) is 6.79 Å². The molecule has 0 bridgehead atoms. The molecule has 0 radical (unpaired) electrons. The van der Waals surface area contributed by atoms with E-state index < -0.39 is 0 Å². The van der Waals surface area contributed by atoms with Gasteiger partial charge in [0.25, 0.3) is 0 Å². The number of rotatable bonds is 5. The molecule has 1 N–H and O–H groups in total. The number of carbonyl (C=O) groups excluding carboxylic acids is 1. The lowest BCUT2D eigenvalue weighted by Crippen LogP contribution is -2.49. The molecule has 2 aromatic carbocycles. The van der Waals surface area contributed by atoms with Crippen LogP contribution in [0.15, 0.2) is 36.4 Å². The molecule has 0 spiro atoms. The minimum atomic E-state index is -0.108. The average Bonchev–Trinajstić information content (AvgIpc) is 3.20. The van der Waals surface area contributed by atoms with Crippen molar-refractivity contribution in [2.45, 2.75) is 20.0 Å². The fourth-order valence-corrected chi connectivity index (χ4v) is 3.78. The van der Waals surface area contributed by atoms with E-state index in [9.17, 15) is 4.79 Å². The van der Waals surface area contributed by atoms with Crippen LogP contribution in [-0.2, 0) is 4.74 Å². The Morgan fingerprint density at radius 3 is 2.87 bits per heavy atom. The van der Waals surface area contributed by atoms with E-state index in [1.54, 1.807) is 13.0 Å². The maximum atomic E-state index is 11.6. The molecule has 2 aliphatic heterocycles. The summed E-state index contributed by atoms with van der Waals surface area (Å²) in [5, 5.41) is 3.88. The summed E-state index contributed by atoms with van der Waals surface area (Å²) < 4.78 is 22.5. The highest BCUT2D eigenvalue weighted by Gasteiger charge is 2.23. The van der Waals surface area contributed by atoms with Gasteiger partial charge in [0, 0.05) is 30.4 Å². The van der Waals surface area contributed by atoms with Crippen LogP contribution in [0.2, 0.25) is 0 Å². The quantitative estimate of drug-likeness (QED) is 0.574. The van der Waals surface area contributed by atoms with E-state index in [4.69, 9.17) is 31.2 Å². The van der Waals surface area contributed by atoms with Gasteiger partial charge in [0.1, 0.15) is 18.5 Å². The van der Waals surface area contributed by atoms with E-state index in [0.29, 0.717) is 42.7 Å². The molecule has 0 aliphatic carbocycles. The molecule has 1 unspecified atom stereocenters. The van der Waals surface area contributed by atoms with E-state index in [1.165, 1.54) is 0 Å². The molecule has 7 nitrogen and oxygen atoms in total. The average molecular weight is 429 g/mol. The fraction of sp³-hybridized carbons (Fsp3) is 0.364. The highest BCUT2D eigenvalue weighted by molar-refractivity contribution is 7.80. The standard InChI is InChI=1S/C22H24N2O5S/c1-14-9-17(4-5-19(14)15(2)25)27-12-18-11-24(7-8-26-18)22(30)23-16-3-6-20-21(10-16)29-13-28-20/h3-6,9-10,18H,7-8,11-13H2,1-2H3,(H,23,30). The van der Waals surface area contributed by atoms with Gasteiger partial charge in [-0.3, -0.25) is 4.79 Å². The van der Waals surface area contributed by atoms with E-state index in [1.807, 2.05) is 37.3 Å². The zero-order valence-corrected chi connectivity index (χ0v) is 17.8. The topological polar surface area (TPSA) is 69.3 Å². The number of morpholine rings is 1. The van der Waals surface area contributed by atoms with Gasteiger partial charge in [-0.15, -0.1) is 0 Å². The van der Waals surface area contributed by atoms with Crippen molar-refractivity contribution in [3.05, 3.63) is 47.5 Å². The van der Waals surface area contributed by atoms with Crippen molar-refractivity contribution in [1.29, 1.82) is 0 Å². The number of hydrogen-bond donors (Lipinski definition) is 1. The lowest BCUT2D eigenvalue weighted by atomic mass is 10.1. The van der Waals surface area contributed by atoms with Gasteiger partial charge in [-0.05, 0) is 62.0 Å². The second kappa shape index (κ2) is 8.89. The van der Waals surface area contributed by atoms with Crippen LogP contribution in [0.4, 0.5) is 5.69 Å². The Morgan fingerprint density at radius 2 is 2.07 bits per heavy atom. The SMILES string of the molecule is CC(=O)c1ccc(OCC2CN(C(=S)Nc3ccc4c(c3)OCO4)CCO2)cc1C. The highest BCUT2D eigenvalue weighted by atomic mass is 32.1. The summed E-state index contributed by atoms with van der Waals surface area (Å²) in [5.41, 5.74) is 2.47. The maximum Gasteiger partial charge on any atom is 0.231 e. The molecule has 2 aliphatic rings. The molecule has 1 atom stereocenters. The number of aryl methyl sites for hydroxylation is 1. The normalized spacial score (nSPS) is 17.5. The van der Waals surface area contributed by atoms with Crippen molar-refractivity contribution in [3.8, 4) is 17.2 Å². The van der Waals surface area contributed by atoms with Gasteiger partial charge in [0.15, 0.2) is 22.4 Å². The van der Waals surface area contributed by atoms with Crippen molar-refractivity contribution in [2.24, 2.45) is 0 Å². The van der Waals surface area contributed by atoms with Crippen molar-refractivity contribution < 1.29 is 23.7 Å².